The highest BCUT2D eigenvalue weighted by molar-refractivity contribution is 6.33. The third kappa shape index (κ3) is 6.02. The average Bonchev–Trinajstić information content (AvgIpc) is 3.32. The van der Waals surface area contributed by atoms with Crippen LogP contribution in [0.3, 0.4) is 0 Å². The number of benzene rings is 2. The highest BCUT2D eigenvalue weighted by Crippen LogP contribution is 2.26. The van der Waals surface area contributed by atoms with Crippen LogP contribution in [0.4, 0.5) is 0 Å². The summed E-state index contributed by atoms with van der Waals surface area (Å²) >= 11 is 6.15. The van der Waals surface area contributed by atoms with Gasteiger partial charge < -0.3 is 15.4 Å². The van der Waals surface area contributed by atoms with E-state index in [1.165, 1.54) is 0 Å². The third-order valence-electron chi connectivity index (χ3n) is 5.91. The molecule has 2 N–H and O–H groups in total. The zero-order valence-corrected chi connectivity index (χ0v) is 19.7. The topological polar surface area (TPSA) is 70.7 Å². The van der Waals surface area contributed by atoms with Crippen LogP contribution in [-0.4, -0.2) is 49.5 Å². The molecule has 32 heavy (non-hydrogen) atoms. The largest absolute Gasteiger partial charge is 0.497 e. The van der Waals surface area contributed by atoms with Gasteiger partial charge in [0.05, 0.1) is 23.7 Å². The summed E-state index contributed by atoms with van der Waals surface area (Å²) in [6.07, 6.45) is 2.31. The number of amides is 2. The van der Waals surface area contributed by atoms with Crippen molar-refractivity contribution in [2.75, 3.05) is 26.7 Å². The van der Waals surface area contributed by atoms with Gasteiger partial charge in [-0.2, -0.15) is 0 Å². The fourth-order valence-corrected chi connectivity index (χ4v) is 4.27. The molecule has 0 radical (unpaired) electrons. The molecule has 1 fully saturated rings. The normalized spacial score (nSPS) is 15.9. The number of hydrogen-bond acceptors (Lipinski definition) is 4. The van der Waals surface area contributed by atoms with Crippen LogP contribution in [0.25, 0.3) is 0 Å². The van der Waals surface area contributed by atoms with E-state index in [1.807, 2.05) is 38.1 Å². The molecule has 1 aliphatic heterocycles. The zero-order chi connectivity index (χ0) is 23.1. The number of hydrogen-bond donors (Lipinski definition) is 2. The van der Waals surface area contributed by atoms with Gasteiger partial charge in [-0.15, -0.1) is 0 Å². The van der Waals surface area contributed by atoms with Gasteiger partial charge in [0, 0.05) is 6.54 Å². The molecular weight excluding hydrogens is 426 g/mol. The summed E-state index contributed by atoms with van der Waals surface area (Å²) in [6.45, 7) is 6.31. The molecule has 1 heterocycles. The fraction of sp³-hybridized carbons (Fsp3) is 0.440. The predicted octanol–water partition coefficient (Wildman–Crippen LogP) is 4.06. The lowest BCUT2D eigenvalue weighted by atomic mass is 10.0. The number of rotatable bonds is 9. The van der Waals surface area contributed by atoms with E-state index in [-0.39, 0.29) is 23.8 Å². The molecule has 1 aliphatic rings. The molecule has 2 unspecified atom stereocenters. The van der Waals surface area contributed by atoms with Gasteiger partial charge >= 0.3 is 0 Å². The molecule has 3 rings (SSSR count). The maximum Gasteiger partial charge on any atom is 0.253 e. The first-order valence-corrected chi connectivity index (χ1v) is 11.5. The smallest absolute Gasteiger partial charge is 0.253 e. The number of halogens is 1. The highest BCUT2D eigenvalue weighted by Gasteiger charge is 2.28. The molecular formula is C25H32ClN3O3. The Balaban J connectivity index is 1.69. The van der Waals surface area contributed by atoms with E-state index in [0.717, 1.165) is 37.2 Å². The molecule has 2 aromatic carbocycles. The van der Waals surface area contributed by atoms with Gasteiger partial charge in [-0.3, -0.25) is 14.5 Å². The van der Waals surface area contributed by atoms with Gasteiger partial charge in [-0.05, 0) is 61.7 Å². The fourth-order valence-electron chi connectivity index (χ4n) is 4.04. The van der Waals surface area contributed by atoms with Crippen molar-refractivity contribution < 1.29 is 14.3 Å². The van der Waals surface area contributed by atoms with E-state index in [0.29, 0.717) is 17.1 Å². The van der Waals surface area contributed by atoms with Crippen LogP contribution in [0.5, 0.6) is 5.75 Å². The van der Waals surface area contributed by atoms with E-state index in [2.05, 4.69) is 15.5 Å². The second kappa shape index (κ2) is 11.3. The predicted molar refractivity (Wildman–Crippen MR) is 127 cm³/mol. The van der Waals surface area contributed by atoms with Gasteiger partial charge in [0.2, 0.25) is 5.91 Å². The van der Waals surface area contributed by atoms with Crippen LogP contribution in [0.1, 0.15) is 48.7 Å². The van der Waals surface area contributed by atoms with E-state index in [4.69, 9.17) is 16.3 Å². The quantitative estimate of drug-likeness (QED) is 0.595. The second-order valence-corrected chi connectivity index (χ2v) is 8.86. The van der Waals surface area contributed by atoms with Crippen LogP contribution < -0.4 is 15.4 Å². The van der Waals surface area contributed by atoms with Crippen molar-refractivity contribution in [2.24, 2.45) is 5.92 Å². The summed E-state index contributed by atoms with van der Waals surface area (Å²) < 4.78 is 5.28. The summed E-state index contributed by atoms with van der Waals surface area (Å²) in [5.74, 6) is 0.182. The first kappa shape index (κ1) is 24.1. The molecule has 0 aliphatic carbocycles. The van der Waals surface area contributed by atoms with Crippen LogP contribution in [0, 0.1) is 5.92 Å². The number of methoxy groups -OCH3 is 1. The molecule has 2 atom stereocenters. The Labute approximate surface area is 195 Å². The Kier molecular flexibility index (Phi) is 8.53. The maximum absolute atomic E-state index is 13.1. The summed E-state index contributed by atoms with van der Waals surface area (Å²) in [6, 6.07) is 14.2. The lowest BCUT2D eigenvalue weighted by Crippen LogP contribution is -2.51. The van der Waals surface area contributed by atoms with Gasteiger partial charge in [0.25, 0.3) is 5.91 Å². The molecule has 2 aromatic rings. The Morgan fingerprint density at radius 3 is 2.31 bits per heavy atom. The van der Waals surface area contributed by atoms with Crippen molar-refractivity contribution in [1.29, 1.82) is 0 Å². The lowest BCUT2D eigenvalue weighted by Gasteiger charge is -2.30. The zero-order valence-electron chi connectivity index (χ0n) is 18.9. The van der Waals surface area contributed by atoms with Crippen molar-refractivity contribution in [3.8, 4) is 5.75 Å². The molecule has 6 nitrogen and oxygen atoms in total. The van der Waals surface area contributed by atoms with E-state index in [1.54, 1.807) is 31.4 Å². The number of nitrogens with zero attached hydrogens (tertiary/aromatic N) is 1. The Hall–Kier alpha value is -2.57. The molecule has 0 bridgehead atoms. The average molecular weight is 458 g/mol. The minimum absolute atomic E-state index is 0.0689. The van der Waals surface area contributed by atoms with E-state index < -0.39 is 6.04 Å². The molecule has 172 valence electrons. The first-order valence-electron chi connectivity index (χ1n) is 11.1. The molecule has 7 heteroatoms. The van der Waals surface area contributed by atoms with E-state index >= 15 is 0 Å². The summed E-state index contributed by atoms with van der Waals surface area (Å²) in [5.41, 5.74) is 1.50. The number of nitrogens with one attached hydrogen (secondary N) is 2. The molecule has 0 spiro atoms. The first-order chi connectivity index (χ1) is 15.4. The minimum Gasteiger partial charge on any atom is -0.497 e. The standard InChI is InChI=1S/C25H32ClN3O3/c1-17(2)23(28-24(30)20-8-4-5-9-21(20)26)25(31)27-16-22(29-14-6-7-15-29)18-10-12-19(32-3)13-11-18/h4-5,8-13,17,22-23H,6-7,14-16H2,1-3H3,(H,27,31)(H,28,30). The van der Waals surface area contributed by atoms with Gasteiger partial charge in [-0.1, -0.05) is 49.7 Å². The van der Waals surface area contributed by atoms with E-state index in [9.17, 15) is 9.59 Å². The maximum atomic E-state index is 13.1. The van der Waals surface area contributed by atoms with Crippen LogP contribution in [-0.2, 0) is 4.79 Å². The minimum atomic E-state index is -0.658. The molecule has 1 saturated heterocycles. The van der Waals surface area contributed by atoms with Gasteiger partial charge in [0.15, 0.2) is 0 Å². The molecule has 0 aromatic heterocycles. The summed E-state index contributed by atoms with van der Waals surface area (Å²) in [5, 5.41) is 6.30. The van der Waals surface area contributed by atoms with Crippen LogP contribution >= 0.6 is 11.6 Å². The van der Waals surface area contributed by atoms with Gasteiger partial charge in [-0.25, -0.2) is 0 Å². The van der Waals surface area contributed by atoms with Crippen molar-refractivity contribution in [3.63, 3.8) is 0 Å². The number of ether oxygens (including phenoxy) is 1. The Morgan fingerprint density at radius 1 is 1.06 bits per heavy atom. The lowest BCUT2D eigenvalue weighted by molar-refractivity contribution is -0.124. The van der Waals surface area contributed by atoms with Crippen molar-refractivity contribution >= 4 is 23.4 Å². The van der Waals surface area contributed by atoms with Crippen LogP contribution in [0.2, 0.25) is 5.02 Å². The Morgan fingerprint density at radius 2 is 1.72 bits per heavy atom. The Bertz CT molecular complexity index is 911. The molecule has 2 amide bonds. The number of likely N-dealkylation sites (tertiary alicyclic amines) is 1. The van der Waals surface area contributed by atoms with Crippen molar-refractivity contribution in [2.45, 2.75) is 38.8 Å². The molecule has 0 saturated carbocycles. The summed E-state index contributed by atoms with van der Waals surface area (Å²) in [7, 11) is 1.65. The SMILES string of the molecule is COc1ccc(C(CNC(=O)C(NC(=O)c2ccccc2Cl)C(C)C)N2CCCC2)cc1. The monoisotopic (exact) mass is 457 g/mol. The number of carbonyl (C=O) groups is 2. The highest BCUT2D eigenvalue weighted by atomic mass is 35.5. The third-order valence-corrected chi connectivity index (χ3v) is 6.24. The second-order valence-electron chi connectivity index (χ2n) is 8.45. The van der Waals surface area contributed by atoms with Crippen molar-refractivity contribution in [1.82, 2.24) is 15.5 Å². The van der Waals surface area contributed by atoms with Gasteiger partial charge in [0.1, 0.15) is 11.8 Å². The van der Waals surface area contributed by atoms with Crippen LogP contribution in [0.15, 0.2) is 48.5 Å². The summed E-state index contributed by atoms with van der Waals surface area (Å²) in [4.78, 5) is 28.2. The van der Waals surface area contributed by atoms with Crippen molar-refractivity contribution in [3.05, 3.63) is 64.7 Å². The number of carbonyl (C=O) groups excluding carboxylic acids is 2.